The number of nitrogens with one attached hydrogen (secondary N) is 1. The molecular formula is C22H21N5OS. The van der Waals surface area contributed by atoms with Crippen LogP contribution in [0.25, 0.3) is 16.9 Å². The van der Waals surface area contributed by atoms with Crippen molar-refractivity contribution in [1.82, 2.24) is 25.3 Å². The second-order valence-electron chi connectivity index (χ2n) is 6.54. The lowest BCUT2D eigenvalue weighted by Gasteiger charge is -2.09. The summed E-state index contributed by atoms with van der Waals surface area (Å²) in [6.07, 6.45) is 5.12. The molecule has 6 nitrogen and oxygen atoms in total. The van der Waals surface area contributed by atoms with Gasteiger partial charge in [0.05, 0.1) is 5.69 Å². The second-order valence-corrected chi connectivity index (χ2v) is 7.58. The highest BCUT2D eigenvalue weighted by atomic mass is 32.1. The van der Waals surface area contributed by atoms with Crippen molar-refractivity contribution in [1.29, 1.82) is 0 Å². The molecule has 0 fully saturated rings. The van der Waals surface area contributed by atoms with Crippen LogP contribution in [-0.4, -0.2) is 32.4 Å². The number of aryl methyl sites for hydroxylation is 1. The van der Waals surface area contributed by atoms with Crippen molar-refractivity contribution in [3.05, 3.63) is 82.4 Å². The number of hydrogen-bond donors (Lipinski definition) is 1. The Morgan fingerprint density at radius 2 is 2.00 bits per heavy atom. The molecule has 1 N–H and O–H groups in total. The molecule has 3 aromatic heterocycles. The van der Waals surface area contributed by atoms with E-state index in [-0.39, 0.29) is 5.91 Å². The fraction of sp³-hybridized carbons (Fsp3) is 0.182. The molecule has 4 rings (SSSR count). The third-order valence-corrected chi connectivity index (χ3v) is 5.58. The summed E-state index contributed by atoms with van der Waals surface area (Å²) in [5.74, 6) is -0.230. The van der Waals surface area contributed by atoms with E-state index in [4.69, 9.17) is 0 Å². The molecule has 3 heterocycles. The van der Waals surface area contributed by atoms with Gasteiger partial charge in [0.1, 0.15) is 5.69 Å². The minimum absolute atomic E-state index is 0.230. The van der Waals surface area contributed by atoms with Crippen molar-refractivity contribution in [3.63, 3.8) is 0 Å². The Morgan fingerprint density at radius 3 is 2.76 bits per heavy atom. The number of carbonyl (C=O) groups is 1. The van der Waals surface area contributed by atoms with E-state index in [2.05, 4.69) is 45.7 Å². The Labute approximate surface area is 173 Å². The number of rotatable bonds is 7. The lowest BCUT2D eigenvalue weighted by molar-refractivity contribution is 0.0950. The van der Waals surface area contributed by atoms with E-state index in [0.717, 1.165) is 24.1 Å². The Morgan fingerprint density at radius 1 is 1.14 bits per heavy atom. The molecule has 0 radical (unpaired) electrons. The minimum Gasteiger partial charge on any atom is -0.350 e. The highest BCUT2D eigenvalue weighted by molar-refractivity contribution is 7.09. The fourth-order valence-electron chi connectivity index (χ4n) is 3.13. The van der Waals surface area contributed by atoms with E-state index in [0.29, 0.717) is 17.9 Å². The van der Waals surface area contributed by atoms with Crippen molar-refractivity contribution in [2.75, 3.05) is 6.54 Å². The minimum atomic E-state index is -0.230. The van der Waals surface area contributed by atoms with E-state index in [1.54, 1.807) is 28.4 Å². The molecule has 0 saturated heterocycles. The van der Waals surface area contributed by atoms with E-state index in [9.17, 15) is 4.79 Å². The van der Waals surface area contributed by atoms with Gasteiger partial charge in [-0.3, -0.25) is 9.78 Å². The summed E-state index contributed by atoms with van der Waals surface area (Å²) in [7, 11) is 0. The van der Waals surface area contributed by atoms with Crippen LogP contribution in [0, 0.1) is 0 Å². The predicted octanol–water partition coefficient (Wildman–Crippen LogP) is 3.93. The van der Waals surface area contributed by atoms with Gasteiger partial charge in [-0.15, -0.1) is 16.4 Å². The van der Waals surface area contributed by atoms with Gasteiger partial charge < -0.3 is 5.32 Å². The second kappa shape index (κ2) is 8.79. The van der Waals surface area contributed by atoms with Crippen LogP contribution in [0.15, 0.2) is 66.3 Å². The average molecular weight is 404 g/mol. The van der Waals surface area contributed by atoms with Crippen LogP contribution in [0.4, 0.5) is 0 Å². The third kappa shape index (κ3) is 4.25. The van der Waals surface area contributed by atoms with E-state index >= 15 is 0 Å². The molecule has 7 heteroatoms. The van der Waals surface area contributed by atoms with Gasteiger partial charge in [0.15, 0.2) is 5.69 Å². The monoisotopic (exact) mass is 403 g/mol. The lowest BCUT2D eigenvalue weighted by Crippen LogP contribution is -2.26. The zero-order valence-electron chi connectivity index (χ0n) is 16.1. The van der Waals surface area contributed by atoms with Crippen LogP contribution in [0.2, 0.25) is 0 Å². The predicted molar refractivity (Wildman–Crippen MR) is 114 cm³/mol. The SMILES string of the molecule is CCc1cccc(-n2nnc(C(=O)NCCc3cccs3)c2-c2ccncc2)c1. The first kappa shape index (κ1) is 19.0. The maximum absolute atomic E-state index is 12.9. The van der Waals surface area contributed by atoms with Crippen LogP contribution in [0.3, 0.4) is 0 Å². The molecule has 146 valence electrons. The summed E-state index contributed by atoms with van der Waals surface area (Å²) in [4.78, 5) is 18.2. The number of pyridine rings is 1. The zero-order chi connectivity index (χ0) is 20.1. The Bertz CT molecular complexity index is 1090. The third-order valence-electron chi connectivity index (χ3n) is 4.64. The Balaban J connectivity index is 1.66. The van der Waals surface area contributed by atoms with E-state index in [1.807, 2.05) is 35.7 Å². The molecule has 0 bridgehead atoms. The summed E-state index contributed by atoms with van der Waals surface area (Å²) >= 11 is 1.68. The molecule has 4 aromatic rings. The highest BCUT2D eigenvalue weighted by Gasteiger charge is 2.22. The largest absolute Gasteiger partial charge is 0.350 e. The lowest BCUT2D eigenvalue weighted by atomic mass is 10.1. The summed E-state index contributed by atoms with van der Waals surface area (Å²) < 4.78 is 1.72. The molecule has 0 atom stereocenters. The van der Waals surface area contributed by atoms with Gasteiger partial charge in [-0.05, 0) is 54.1 Å². The smallest absolute Gasteiger partial charge is 0.274 e. The molecule has 29 heavy (non-hydrogen) atoms. The molecule has 0 unspecified atom stereocenters. The van der Waals surface area contributed by atoms with E-state index < -0.39 is 0 Å². The highest BCUT2D eigenvalue weighted by Crippen LogP contribution is 2.25. The first-order chi connectivity index (χ1) is 14.3. The summed E-state index contributed by atoms with van der Waals surface area (Å²) in [6.45, 7) is 2.66. The number of thiophene rings is 1. The maximum atomic E-state index is 12.9. The van der Waals surface area contributed by atoms with Crippen LogP contribution in [0.1, 0.15) is 27.9 Å². The summed E-state index contributed by atoms with van der Waals surface area (Å²) in [5.41, 5.74) is 3.88. The number of hydrogen-bond acceptors (Lipinski definition) is 5. The summed E-state index contributed by atoms with van der Waals surface area (Å²) in [6, 6.07) is 15.9. The van der Waals surface area contributed by atoms with Crippen molar-refractivity contribution in [2.45, 2.75) is 19.8 Å². The number of benzene rings is 1. The average Bonchev–Trinajstić information content (AvgIpc) is 3.44. The fourth-order valence-corrected chi connectivity index (χ4v) is 3.84. The molecule has 0 spiro atoms. The molecule has 1 aromatic carbocycles. The van der Waals surface area contributed by atoms with Crippen molar-refractivity contribution in [2.24, 2.45) is 0 Å². The standard InChI is InChI=1S/C22H21N5OS/c1-2-16-5-3-6-18(15-16)27-21(17-8-11-23-12-9-17)20(25-26-27)22(28)24-13-10-19-7-4-14-29-19/h3-9,11-12,14-15H,2,10,13H2,1H3,(H,24,28). The van der Waals surface area contributed by atoms with Crippen LogP contribution in [-0.2, 0) is 12.8 Å². The maximum Gasteiger partial charge on any atom is 0.274 e. The molecule has 0 aliphatic rings. The van der Waals surface area contributed by atoms with Crippen LogP contribution >= 0.6 is 11.3 Å². The number of nitrogens with zero attached hydrogens (tertiary/aromatic N) is 4. The summed E-state index contributed by atoms with van der Waals surface area (Å²) in [5, 5.41) is 13.5. The van der Waals surface area contributed by atoms with Crippen LogP contribution < -0.4 is 5.32 Å². The quantitative estimate of drug-likeness (QED) is 0.508. The number of amides is 1. The van der Waals surface area contributed by atoms with Crippen molar-refractivity contribution >= 4 is 17.2 Å². The zero-order valence-corrected chi connectivity index (χ0v) is 16.9. The van der Waals surface area contributed by atoms with Gasteiger partial charge in [0.2, 0.25) is 0 Å². The van der Waals surface area contributed by atoms with Gasteiger partial charge in [0, 0.05) is 29.4 Å². The Kier molecular flexibility index (Phi) is 5.76. The van der Waals surface area contributed by atoms with Gasteiger partial charge in [-0.1, -0.05) is 30.3 Å². The number of aromatic nitrogens is 4. The molecule has 0 aliphatic heterocycles. The van der Waals surface area contributed by atoms with Crippen molar-refractivity contribution < 1.29 is 4.79 Å². The van der Waals surface area contributed by atoms with Gasteiger partial charge in [-0.2, -0.15) is 0 Å². The van der Waals surface area contributed by atoms with Gasteiger partial charge in [0.25, 0.3) is 5.91 Å². The molecule has 0 saturated carbocycles. The molecule has 1 amide bonds. The van der Waals surface area contributed by atoms with Crippen molar-refractivity contribution in [3.8, 4) is 16.9 Å². The topological polar surface area (TPSA) is 72.7 Å². The van der Waals surface area contributed by atoms with Gasteiger partial charge in [-0.25, -0.2) is 4.68 Å². The van der Waals surface area contributed by atoms with Crippen LogP contribution in [0.5, 0.6) is 0 Å². The Hall–Kier alpha value is -3.32. The first-order valence-corrected chi connectivity index (χ1v) is 10.4. The molecule has 0 aliphatic carbocycles. The molecular weight excluding hydrogens is 382 g/mol. The normalized spacial score (nSPS) is 10.8. The number of carbonyl (C=O) groups excluding carboxylic acids is 1. The van der Waals surface area contributed by atoms with E-state index in [1.165, 1.54) is 10.4 Å². The van der Waals surface area contributed by atoms with Gasteiger partial charge >= 0.3 is 0 Å². The first-order valence-electron chi connectivity index (χ1n) is 9.52.